The molecule has 2 aromatic rings. The van der Waals surface area contributed by atoms with Gasteiger partial charge in [0.15, 0.2) is 5.96 Å². The van der Waals surface area contributed by atoms with Gasteiger partial charge < -0.3 is 15.0 Å². The van der Waals surface area contributed by atoms with Crippen LogP contribution in [0.4, 0.5) is 0 Å². The van der Waals surface area contributed by atoms with E-state index in [1.165, 1.54) is 0 Å². The Morgan fingerprint density at radius 3 is 2.62 bits per heavy atom. The van der Waals surface area contributed by atoms with Gasteiger partial charge in [0.25, 0.3) is 0 Å². The topological polar surface area (TPSA) is 70.8 Å². The Kier molecular flexibility index (Phi) is 6.43. The first-order valence-corrected chi connectivity index (χ1v) is 8.95. The number of rotatable bonds is 6. The molecule has 26 heavy (non-hydrogen) atoms. The van der Waals surface area contributed by atoms with Crippen LogP contribution in [0.15, 0.2) is 41.7 Å². The van der Waals surface area contributed by atoms with Gasteiger partial charge >= 0.3 is 0 Å². The molecule has 1 aliphatic rings. The summed E-state index contributed by atoms with van der Waals surface area (Å²) in [4.78, 5) is 13.3. The molecule has 1 aromatic heterocycles. The number of hydrogen-bond acceptors (Lipinski definition) is 5. The van der Waals surface area contributed by atoms with E-state index in [0.717, 1.165) is 50.3 Å². The second-order valence-electron chi connectivity index (χ2n) is 6.19. The number of aromatic nitrogens is 3. The average molecular weight is 357 g/mol. The van der Waals surface area contributed by atoms with Gasteiger partial charge in [0.05, 0.1) is 6.54 Å². The van der Waals surface area contributed by atoms with Crippen LogP contribution in [-0.2, 0) is 13.6 Å². The Bertz CT molecular complexity index is 693. The van der Waals surface area contributed by atoms with Gasteiger partial charge in [-0.05, 0) is 12.1 Å². The van der Waals surface area contributed by atoms with Gasteiger partial charge in [-0.25, -0.2) is 4.98 Å². The second kappa shape index (κ2) is 9.19. The van der Waals surface area contributed by atoms with Crippen molar-refractivity contribution in [1.82, 2.24) is 29.9 Å². The van der Waals surface area contributed by atoms with Crippen LogP contribution in [0.2, 0.25) is 0 Å². The maximum absolute atomic E-state index is 5.79. The van der Waals surface area contributed by atoms with Crippen molar-refractivity contribution in [3.8, 4) is 5.75 Å². The minimum absolute atomic E-state index is 0.619. The zero-order chi connectivity index (χ0) is 18.2. The molecule has 0 radical (unpaired) electrons. The van der Waals surface area contributed by atoms with Gasteiger partial charge in [-0.2, -0.15) is 5.10 Å². The number of nitrogens with zero attached hydrogens (tertiary/aromatic N) is 6. The van der Waals surface area contributed by atoms with Crippen LogP contribution in [-0.4, -0.2) is 76.9 Å². The summed E-state index contributed by atoms with van der Waals surface area (Å²) in [6.07, 6.45) is 1.57. The van der Waals surface area contributed by atoms with E-state index in [1.807, 2.05) is 44.4 Å². The summed E-state index contributed by atoms with van der Waals surface area (Å²) >= 11 is 0. The zero-order valence-electron chi connectivity index (χ0n) is 15.5. The molecule has 1 saturated heterocycles. The van der Waals surface area contributed by atoms with Gasteiger partial charge in [-0.15, -0.1) is 0 Å². The third kappa shape index (κ3) is 4.95. The normalized spacial score (nSPS) is 15.9. The fraction of sp³-hybridized carbons (Fsp3) is 0.500. The molecule has 3 rings (SSSR count). The monoisotopic (exact) mass is 357 g/mol. The lowest BCUT2D eigenvalue weighted by Gasteiger charge is -2.36. The highest BCUT2D eigenvalue weighted by Crippen LogP contribution is 2.09. The first kappa shape index (κ1) is 18.2. The van der Waals surface area contributed by atoms with Crippen molar-refractivity contribution in [2.24, 2.45) is 12.0 Å². The number of nitrogens with one attached hydrogen (secondary N) is 1. The molecule has 0 saturated carbocycles. The minimum Gasteiger partial charge on any atom is -0.492 e. The zero-order valence-corrected chi connectivity index (χ0v) is 15.5. The van der Waals surface area contributed by atoms with Gasteiger partial charge in [0.2, 0.25) is 0 Å². The van der Waals surface area contributed by atoms with Crippen LogP contribution in [0.3, 0.4) is 0 Å². The quantitative estimate of drug-likeness (QED) is 0.603. The van der Waals surface area contributed by atoms with E-state index in [4.69, 9.17) is 4.74 Å². The SMILES string of the molecule is CN=C(NCc1ncnn1C)N1CCN(CCOc2ccccc2)CC1. The molecule has 0 aliphatic carbocycles. The maximum atomic E-state index is 5.79. The largest absolute Gasteiger partial charge is 0.492 e. The molecular weight excluding hydrogens is 330 g/mol. The molecular formula is C18H27N7O. The average Bonchev–Trinajstić information content (AvgIpc) is 3.09. The van der Waals surface area contributed by atoms with Crippen LogP contribution in [0.1, 0.15) is 5.82 Å². The van der Waals surface area contributed by atoms with Crippen molar-refractivity contribution in [2.45, 2.75) is 6.54 Å². The highest BCUT2D eigenvalue weighted by atomic mass is 16.5. The molecule has 8 heteroatoms. The highest BCUT2D eigenvalue weighted by molar-refractivity contribution is 5.79. The van der Waals surface area contributed by atoms with E-state index >= 15 is 0 Å². The van der Waals surface area contributed by atoms with Crippen molar-refractivity contribution >= 4 is 5.96 Å². The van der Waals surface area contributed by atoms with Crippen LogP contribution < -0.4 is 10.1 Å². The molecule has 1 N–H and O–H groups in total. The summed E-state index contributed by atoms with van der Waals surface area (Å²) in [7, 11) is 3.71. The summed E-state index contributed by atoms with van der Waals surface area (Å²) < 4.78 is 7.56. The van der Waals surface area contributed by atoms with E-state index < -0.39 is 0 Å². The smallest absolute Gasteiger partial charge is 0.194 e. The van der Waals surface area contributed by atoms with Crippen LogP contribution in [0.5, 0.6) is 5.75 Å². The molecule has 1 aromatic carbocycles. The number of para-hydroxylation sites is 1. The molecule has 2 heterocycles. The second-order valence-corrected chi connectivity index (χ2v) is 6.19. The summed E-state index contributed by atoms with van der Waals surface area (Å²) in [5, 5.41) is 7.46. The first-order valence-electron chi connectivity index (χ1n) is 8.95. The standard InChI is InChI=1S/C18H27N7O/c1-19-18(20-14-17-21-15-22-23(17)2)25-10-8-24(9-11-25)12-13-26-16-6-4-3-5-7-16/h3-7,15H,8-14H2,1-2H3,(H,19,20). The lowest BCUT2D eigenvalue weighted by molar-refractivity contribution is 0.152. The van der Waals surface area contributed by atoms with E-state index in [2.05, 4.69) is 30.2 Å². The number of hydrogen-bond donors (Lipinski definition) is 1. The van der Waals surface area contributed by atoms with Crippen molar-refractivity contribution in [3.05, 3.63) is 42.5 Å². The number of aliphatic imine (C=N–C) groups is 1. The van der Waals surface area contributed by atoms with E-state index in [0.29, 0.717) is 13.2 Å². The third-order valence-electron chi connectivity index (χ3n) is 4.51. The van der Waals surface area contributed by atoms with Crippen LogP contribution >= 0.6 is 0 Å². The Labute approximate surface area is 154 Å². The highest BCUT2D eigenvalue weighted by Gasteiger charge is 2.19. The van der Waals surface area contributed by atoms with Gasteiger partial charge in [-0.3, -0.25) is 14.6 Å². The number of piperazine rings is 1. The van der Waals surface area contributed by atoms with Gasteiger partial charge in [-0.1, -0.05) is 18.2 Å². The lowest BCUT2D eigenvalue weighted by Crippen LogP contribution is -2.53. The molecule has 140 valence electrons. The number of ether oxygens (including phenoxy) is 1. The summed E-state index contributed by atoms with van der Waals surface area (Å²) in [5.41, 5.74) is 0. The van der Waals surface area contributed by atoms with Crippen LogP contribution in [0, 0.1) is 0 Å². The van der Waals surface area contributed by atoms with E-state index in [1.54, 1.807) is 11.0 Å². The summed E-state index contributed by atoms with van der Waals surface area (Å²) in [5.74, 6) is 2.73. The Balaban J connectivity index is 1.38. The fourth-order valence-electron chi connectivity index (χ4n) is 2.96. The predicted molar refractivity (Wildman–Crippen MR) is 101 cm³/mol. The Morgan fingerprint density at radius 2 is 1.96 bits per heavy atom. The summed E-state index contributed by atoms with van der Waals surface area (Å²) in [6, 6.07) is 9.97. The number of guanidine groups is 1. The van der Waals surface area contributed by atoms with Crippen molar-refractivity contribution < 1.29 is 4.74 Å². The lowest BCUT2D eigenvalue weighted by atomic mass is 10.3. The molecule has 0 atom stereocenters. The van der Waals surface area contributed by atoms with E-state index in [-0.39, 0.29) is 0 Å². The van der Waals surface area contributed by atoms with Crippen molar-refractivity contribution in [3.63, 3.8) is 0 Å². The van der Waals surface area contributed by atoms with Gasteiger partial charge in [0, 0.05) is 46.8 Å². The fourth-order valence-corrected chi connectivity index (χ4v) is 2.96. The minimum atomic E-state index is 0.619. The van der Waals surface area contributed by atoms with Crippen molar-refractivity contribution in [2.75, 3.05) is 46.4 Å². The third-order valence-corrected chi connectivity index (χ3v) is 4.51. The van der Waals surface area contributed by atoms with Crippen molar-refractivity contribution in [1.29, 1.82) is 0 Å². The molecule has 8 nitrogen and oxygen atoms in total. The maximum Gasteiger partial charge on any atom is 0.194 e. The molecule has 0 spiro atoms. The first-order chi connectivity index (χ1) is 12.8. The molecule has 1 fully saturated rings. The Hall–Kier alpha value is -2.61. The molecule has 0 bridgehead atoms. The molecule has 1 aliphatic heterocycles. The molecule has 0 amide bonds. The number of aryl methyl sites for hydroxylation is 1. The predicted octanol–water partition coefficient (Wildman–Crippen LogP) is 0.587. The number of benzene rings is 1. The Morgan fingerprint density at radius 1 is 1.19 bits per heavy atom. The summed E-state index contributed by atoms with van der Waals surface area (Å²) in [6.45, 7) is 6.17. The van der Waals surface area contributed by atoms with Crippen LogP contribution in [0.25, 0.3) is 0 Å². The molecule has 0 unspecified atom stereocenters. The van der Waals surface area contributed by atoms with E-state index in [9.17, 15) is 0 Å². The van der Waals surface area contributed by atoms with Gasteiger partial charge in [0.1, 0.15) is 24.5 Å².